The average Bonchev–Trinajstić information content (AvgIpc) is 3.16. The number of methoxy groups -OCH3 is 2. The number of rotatable bonds is 4. The Morgan fingerprint density at radius 2 is 1.88 bits per heavy atom. The fourth-order valence-corrected chi connectivity index (χ4v) is 2.92. The molecular weight excluding hydrogens is 318 g/mol. The first-order chi connectivity index (χ1) is 12.3. The van der Waals surface area contributed by atoms with E-state index in [2.05, 4.69) is 39.1 Å². The van der Waals surface area contributed by atoms with Gasteiger partial charge in [0.2, 0.25) is 5.95 Å². The summed E-state index contributed by atoms with van der Waals surface area (Å²) < 4.78 is 12.6. The maximum atomic E-state index is 5.51. The van der Waals surface area contributed by atoms with Gasteiger partial charge in [-0.3, -0.25) is 0 Å². The predicted octanol–water partition coefficient (Wildman–Crippen LogP) is 2.75. The quantitative estimate of drug-likeness (QED) is 0.790. The Balaban J connectivity index is 1.84. The number of anilines is 1. The first-order valence-electron chi connectivity index (χ1n) is 7.84. The molecular formula is C18H17N5O2. The van der Waals surface area contributed by atoms with Gasteiger partial charge in [0.25, 0.3) is 0 Å². The molecule has 4 rings (SSSR count). The number of benzene rings is 2. The second-order valence-corrected chi connectivity index (χ2v) is 5.57. The smallest absolute Gasteiger partial charge is 0.248 e. The van der Waals surface area contributed by atoms with E-state index in [0.29, 0.717) is 5.95 Å². The van der Waals surface area contributed by atoms with E-state index in [1.165, 1.54) is 0 Å². The minimum atomic E-state index is -0.113. The van der Waals surface area contributed by atoms with E-state index in [1.54, 1.807) is 18.9 Å². The topological polar surface area (TPSA) is 74.1 Å². The molecule has 0 saturated heterocycles. The van der Waals surface area contributed by atoms with Gasteiger partial charge in [-0.15, -0.1) is 0 Å². The average molecular weight is 335 g/mol. The van der Waals surface area contributed by atoms with Crippen LogP contribution in [0.15, 0.2) is 54.6 Å². The molecule has 0 spiro atoms. The van der Waals surface area contributed by atoms with E-state index in [-0.39, 0.29) is 6.04 Å². The van der Waals surface area contributed by atoms with E-state index in [0.717, 1.165) is 28.3 Å². The van der Waals surface area contributed by atoms with Crippen molar-refractivity contribution < 1.29 is 9.47 Å². The van der Waals surface area contributed by atoms with Crippen LogP contribution in [0.2, 0.25) is 0 Å². The summed E-state index contributed by atoms with van der Waals surface area (Å²) in [5.41, 5.74) is 2.85. The number of allylic oxidation sites excluding steroid dienone is 1. The molecule has 1 aliphatic rings. The largest absolute Gasteiger partial charge is 0.497 e. The lowest BCUT2D eigenvalue weighted by molar-refractivity contribution is 0.402. The highest BCUT2D eigenvalue weighted by Crippen LogP contribution is 2.36. The molecule has 0 aliphatic carbocycles. The van der Waals surface area contributed by atoms with E-state index < -0.39 is 0 Å². The summed E-state index contributed by atoms with van der Waals surface area (Å²) in [6.07, 6.45) is 2.08. The second-order valence-electron chi connectivity index (χ2n) is 5.57. The Labute approximate surface area is 144 Å². The highest BCUT2D eigenvalue weighted by atomic mass is 16.5. The van der Waals surface area contributed by atoms with Crippen LogP contribution >= 0.6 is 0 Å². The summed E-state index contributed by atoms with van der Waals surface area (Å²) in [4.78, 5) is 0. The number of nitrogens with zero attached hydrogens (tertiary/aromatic N) is 4. The van der Waals surface area contributed by atoms with Gasteiger partial charge >= 0.3 is 0 Å². The third-order valence-corrected chi connectivity index (χ3v) is 4.17. The lowest BCUT2D eigenvalue weighted by Gasteiger charge is -2.24. The number of hydrogen-bond donors (Lipinski definition) is 1. The minimum Gasteiger partial charge on any atom is -0.497 e. The Bertz CT molecular complexity index is 920. The van der Waals surface area contributed by atoms with Crippen LogP contribution in [0.1, 0.15) is 17.2 Å². The number of fused-ring (bicyclic) bond motifs is 1. The second kappa shape index (κ2) is 6.27. The van der Waals surface area contributed by atoms with Crippen LogP contribution in [0.5, 0.6) is 11.5 Å². The predicted molar refractivity (Wildman–Crippen MR) is 93.5 cm³/mol. The Kier molecular flexibility index (Phi) is 3.81. The van der Waals surface area contributed by atoms with Crippen LogP contribution in [-0.4, -0.2) is 34.4 Å². The standard InChI is InChI=1S/C18H17N5O2/c1-24-13-8-9-17(25-2)14(10-13)15-11-16(12-6-4-3-5-7-12)23-18(19-15)20-21-22-23/h3-11,16H,1-2H3,(H,19,20,22)/t16-/m1/s1. The third-order valence-electron chi connectivity index (χ3n) is 4.17. The molecule has 25 heavy (non-hydrogen) atoms. The van der Waals surface area contributed by atoms with Crippen molar-refractivity contribution in [1.29, 1.82) is 0 Å². The Hall–Kier alpha value is -3.35. The van der Waals surface area contributed by atoms with Crippen molar-refractivity contribution in [3.63, 3.8) is 0 Å². The molecule has 0 radical (unpaired) electrons. The number of tetrazole rings is 1. The lowest BCUT2D eigenvalue weighted by atomic mass is 10.0. The molecule has 1 aliphatic heterocycles. The maximum Gasteiger partial charge on any atom is 0.248 e. The summed E-state index contributed by atoms with van der Waals surface area (Å²) in [6, 6.07) is 15.7. The monoisotopic (exact) mass is 335 g/mol. The van der Waals surface area contributed by atoms with Gasteiger partial charge in [0.05, 0.1) is 19.9 Å². The molecule has 2 heterocycles. The first-order valence-corrected chi connectivity index (χ1v) is 7.84. The zero-order valence-electron chi connectivity index (χ0n) is 13.9. The molecule has 1 atom stereocenters. The highest BCUT2D eigenvalue weighted by molar-refractivity contribution is 5.80. The molecule has 0 saturated carbocycles. The van der Waals surface area contributed by atoms with Crippen LogP contribution in [0.25, 0.3) is 5.70 Å². The summed E-state index contributed by atoms with van der Waals surface area (Å²) in [6.45, 7) is 0. The molecule has 0 bridgehead atoms. The number of aromatic nitrogens is 4. The summed E-state index contributed by atoms with van der Waals surface area (Å²) in [5, 5.41) is 15.3. The normalized spacial score (nSPS) is 15.8. The fourth-order valence-electron chi connectivity index (χ4n) is 2.92. The number of hydrogen-bond acceptors (Lipinski definition) is 6. The molecule has 0 amide bonds. The van der Waals surface area contributed by atoms with Gasteiger partial charge in [-0.25, -0.2) is 0 Å². The van der Waals surface area contributed by atoms with Crippen LogP contribution in [0.3, 0.4) is 0 Å². The fraction of sp³-hybridized carbons (Fsp3) is 0.167. The molecule has 7 nitrogen and oxygen atoms in total. The molecule has 3 aromatic rings. The summed E-state index contributed by atoms with van der Waals surface area (Å²) in [5.74, 6) is 2.07. The van der Waals surface area contributed by atoms with Crippen molar-refractivity contribution in [2.24, 2.45) is 0 Å². The van der Waals surface area contributed by atoms with E-state index >= 15 is 0 Å². The highest BCUT2D eigenvalue weighted by Gasteiger charge is 2.25. The molecule has 1 aromatic heterocycles. The minimum absolute atomic E-state index is 0.113. The van der Waals surface area contributed by atoms with E-state index in [1.807, 2.05) is 36.4 Å². The molecule has 7 heteroatoms. The van der Waals surface area contributed by atoms with Crippen LogP contribution in [-0.2, 0) is 0 Å². The summed E-state index contributed by atoms with van der Waals surface area (Å²) in [7, 11) is 3.29. The zero-order chi connectivity index (χ0) is 17.2. The molecule has 0 fully saturated rings. The zero-order valence-corrected chi connectivity index (χ0v) is 13.9. The van der Waals surface area contributed by atoms with Crippen LogP contribution in [0, 0.1) is 0 Å². The number of nitrogens with one attached hydrogen (secondary N) is 1. The molecule has 2 aromatic carbocycles. The first kappa shape index (κ1) is 15.2. The Morgan fingerprint density at radius 1 is 1.04 bits per heavy atom. The van der Waals surface area contributed by atoms with Crippen molar-refractivity contribution in [1.82, 2.24) is 20.2 Å². The van der Waals surface area contributed by atoms with Gasteiger partial charge in [0.1, 0.15) is 17.5 Å². The van der Waals surface area contributed by atoms with Gasteiger partial charge in [-0.05, 0) is 40.3 Å². The van der Waals surface area contributed by atoms with Gasteiger partial charge in [0.15, 0.2) is 0 Å². The third kappa shape index (κ3) is 2.69. The van der Waals surface area contributed by atoms with Gasteiger partial charge in [-0.2, -0.15) is 4.68 Å². The molecule has 1 N–H and O–H groups in total. The SMILES string of the molecule is COc1ccc(OC)c(C2=C[C@H](c3ccccc3)n3nnnc3N2)c1. The van der Waals surface area contributed by atoms with Gasteiger partial charge < -0.3 is 14.8 Å². The molecule has 126 valence electrons. The molecule has 0 unspecified atom stereocenters. The van der Waals surface area contributed by atoms with Crippen LogP contribution < -0.4 is 14.8 Å². The van der Waals surface area contributed by atoms with Gasteiger partial charge in [0, 0.05) is 5.56 Å². The Morgan fingerprint density at radius 3 is 2.64 bits per heavy atom. The lowest BCUT2D eigenvalue weighted by Crippen LogP contribution is -2.20. The van der Waals surface area contributed by atoms with Crippen molar-refractivity contribution in [2.45, 2.75) is 6.04 Å². The van der Waals surface area contributed by atoms with Crippen LogP contribution in [0.4, 0.5) is 5.95 Å². The maximum absolute atomic E-state index is 5.51. The number of ether oxygens (including phenoxy) is 2. The van der Waals surface area contributed by atoms with Gasteiger partial charge in [-0.1, -0.05) is 35.4 Å². The van der Waals surface area contributed by atoms with E-state index in [9.17, 15) is 0 Å². The van der Waals surface area contributed by atoms with E-state index in [4.69, 9.17) is 9.47 Å². The van der Waals surface area contributed by atoms with Crippen molar-refractivity contribution in [3.05, 3.63) is 65.7 Å². The summed E-state index contributed by atoms with van der Waals surface area (Å²) >= 11 is 0. The van der Waals surface area contributed by atoms with Crippen molar-refractivity contribution >= 4 is 11.6 Å². The van der Waals surface area contributed by atoms with Crippen molar-refractivity contribution in [2.75, 3.05) is 19.5 Å². The van der Waals surface area contributed by atoms with Crippen molar-refractivity contribution in [3.8, 4) is 11.5 Å².